The second-order valence-electron chi connectivity index (χ2n) is 6.78. The van der Waals surface area contributed by atoms with Crippen molar-refractivity contribution in [2.24, 2.45) is 0 Å². The lowest BCUT2D eigenvalue weighted by molar-refractivity contribution is -0.133. The van der Waals surface area contributed by atoms with Crippen LogP contribution in [-0.4, -0.2) is 48.7 Å². The Hall–Kier alpha value is -2.05. The zero-order valence-corrected chi connectivity index (χ0v) is 15.7. The number of fused-ring (bicyclic) bond motifs is 1. The van der Waals surface area contributed by atoms with Crippen molar-refractivity contribution in [1.82, 2.24) is 9.80 Å². The van der Waals surface area contributed by atoms with Crippen LogP contribution in [0.3, 0.4) is 0 Å². The third-order valence-electron chi connectivity index (χ3n) is 4.96. The fourth-order valence-electron chi connectivity index (χ4n) is 3.48. The molecule has 1 aromatic heterocycles. The van der Waals surface area contributed by atoms with Gasteiger partial charge in [-0.25, -0.2) is 0 Å². The number of hydrogen-bond acceptors (Lipinski definition) is 5. The molecule has 0 saturated carbocycles. The highest BCUT2D eigenvalue weighted by molar-refractivity contribution is 7.09. The minimum atomic E-state index is 0.296. The summed E-state index contributed by atoms with van der Waals surface area (Å²) in [6, 6.07) is 10.3. The summed E-state index contributed by atoms with van der Waals surface area (Å²) in [7, 11) is 0. The fourth-order valence-corrected chi connectivity index (χ4v) is 4.23. The van der Waals surface area contributed by atoms with Gasteiger partial charge in [0.25, 0.3) is 0 Å². The van der Waals surface area contributed by atoms with Gasteiger partial charge in [-0.2, -0.15) is 0 Å². The Kier molecular flexibility index (Phi) is 5.41. The zero-order valence-electron chi connectivity index (χ0n) is 14.9. The first-order valence-electron chi connectivity index (χ1n) is 9.19. The monoisotopic (exact) mass is 372 g/mol. The number of benzene rings is 1. The van der Waals surface area contributed by atoms with Crippen molar-refractivity contribution in [1.29, 1.82) is 0 Å². The lowest BCUT2D eigenvalue weighted by atomic mass is 10.1. The molecule has 1 saturated heterocycles. The Bertz CT molecular complexity index is 740. The molecular weight excluding hydrogens is 348 g/mol. The van der Waals surface area contributed by atoms with Crippen molar-refractivity contribution in [3.63, 3.8) is 0 Å². The minimum Gasteiger partial charge on any atom is -0.454 e. The molecule has 2 aliphatic rings. The van der Waals surface area contributed by atoms with Crippen LogP contribution in [0.4, 0.5) is 0 Å². The molecule has 0 atom stereocenters. The molecule has 0 unspecified atom stereocenters. The molecule has 2 aromatic rings. The standard InChI is InChI=1S/C20H24N2O3S/c23-20(5-1-3-17-4-2-12-26-17)22-10-8-21(9-11-22)14-16-6-7-18-19(13-16)25-15-24-18/h2,4,6-7,12-13H,1,3,5,8-11,14-15H2. The summed E-state index contributed by atoms with van der Waals surface area (Å²) < 4.78 is 10.8. The first-order chi connectivity index (χ1) is 12.8. The van der Waals surface area contributed by atoms with Gasteiger partial charge < -0.3 is 14.4 Å². The number of thiophene rings is 1. The Balaban J connectivity index is 1.20. The first kappa shape index (κ1) is 17.4. The van der Waals surface area contributed by atoms with Crippen molar-refractivity contribution in [3.05, 3.63) is 46.2 Å². The summed E-state index contributed by atoms with van der Waals surface area (Å²) in [4.78, 5) is 18.2. The molecule has 0 aliphatic carbocycles. The second kappa shape index (κ2) is 8.10. The highest BCUT2D eigenvalue weighted by Gasteiger charge is 2.21. The van der Waals surface area contributed by atoms with E-state index in [1.165, 1.54) is 10.4 Å². The van der Waals surface area contributed by atoms with E-state index in [4.69, 9.17) is 9.47 Å². The van der Waals surface area contributed by atoms with E-state index in [1.807, 2.05) is 11.0 Å². The van der Waals surface area contributed by atoms with Crippen LogP contribution in [0.25, 0.3) is 0 Å². The van der Waals surface area contributed by atoms with E-state index in [0.717, 1.165) is 57.1 Å². The molecule has 6 heteroatoms. The van der Waals surface area contributed by atoms with Crippen LogP contribution in [-0.2, 0) is 17.8 Å². The van der Waals surface area contributed by atoms with Crippen LogP contribution in [0.1, 0.15) is 23.3 Å². The summed E-state index contributed by atoms with van der Waals surface area (Å²) in [6.45, 7) is 4.68. The SMILES string of the molecule is O=C(CCCc1cccs1)N1CCN(Cc2ccc3c(c2)OCO3)CC1. The van der Waals surface area contributed by atoms with Gasteiger partial charge >= 0.3 is 0 Å². The Labute approximate surface area is 158 Å². The molecular formula is C20H24N2O3S. The topological polar surface area (TPSA) is 42.0 Å². The van der Waals surface area contributed by atoms with Gasteiger partial charge in [0.05, 0.1) is 0 Å². The van der Waals surface area contributed by atoms with Crippen LogP contribution >= 0.6 is 11.3 Å². The maximum absolute atomic E-state index is 12.4. The number of amides is 1. The van der Waals surface area contributed by atoms with Crippen molar-refractivity contribution < 1.29 is 14.3 Å². The molecule has 1 amide bonds. The summed E-state index contributed by atoms with van der Waals surface area (Å²) in [5.74, 6) is 1.96. The lowest BCUT2D eigenvalue weighted by Gasteiger charge is -2.34. The lowest BCUT2D eigenvalue weighted by Crippen LogP contribution is -2.48. The molecule has 3 heterocycles. The number of nitrogens with zero attached hydrogens (tertiary/aromatic N) is 2. The maximum atomic E-state index is 12.4. The van der Waals surface area contributed by atoms with Gasteiger partial charge in [-0.3, -0.25) is 9.69 Å². The van der Waals surface area contributed by atoms with Gasteiger partial charge in [-0.15, -0.1) is 11.3 Å². The third kappa shape index (κ3) is 4.19. The molecule has 2 aliphatic heterocycles. The second-order valence-corrected chi connectivity index (χ2v) is 7.81. The molecule has 4 rings (SSSR count). The number of ether oxygens (including phenoxy) is 2. The van der Waals surface area contributed by atoms with E-state index in [1.54, 1.807) is 11.3 Å². The van der Waals surface area contributed by atoms with E-state index in [0.29, 0.717) is 19.1 Å². The number of carbonyl (C=O) groups excluding carboxylic acids is 1. The Morgan fingerprint density at radius 1 is 1.08 bits per heavy atom. The Morgan fingerprint density at radius 3 is 2.73 bits per heavy atom. The smallest absolute Gasteiger partial charge is 0.231 e. The Morgan fingerprint density at radius 2 is 1.92 bits per heavy atom. The molecule has 5 nitrogen and oxygen atoms in total. The van der Waals surface area contributed by atoms with E-state index in [2.05, 4.69) is 34.5 Å². The molecule has 138 valence electrons. The molecule has 0 bridgehead atoms. The number of hydrogen-bond donors (Lipinski definition) is 0. The highest BCUT2D eigenvalue weighted by Crippen LogP contribution is 2.32. The van der Waals surface area contributed by atoms with E-state index >= 15 is 0 Å². The van der Waals surface area contributed by atoms with Crippen LogP contribution in [0.5, 0.6) is 11.5 Å². The summed E-state index contributed by atoms with van der Waals surface area (Å²) >= 11 is 1.77. The van der Waals surface area contributed by atoms with Gasteiger partial charge in [-0.1, -0.05) is 12.1 Å². The average Bonchev–Trinajstić information content (AvgIpc) is 3.33. The zero-order chi connectivity index (χ0) is 17.8. The number of rotatable bonds is 6. The number of aryl methyl sites for hydroxylation is 1. The molecule has 26 heavy (non-hydrogen) atoms. The van der Waals surface area contributed by atoms with Gasteiger partial charge in [0.1, 0.15) is 0 Å². The van der Waals surface area contributed by atoms with Gasteiger partial charge in [0, 0.05) is 44.0 Å². The average molecular weight is 372 g/mol. The molecule has 0 radical (unpaired) electrons. The normalized spacial score (nSPS) is 16.8. The van der Waals surface area contributed by atoms with Gasteiger partial charge in [0.15, 0.2) is 11.5 Å². The van der Waals surface area contributed by atoms with E-state index in [-0.39, 0.29) is 0 Å². The van der Waals surface area contributed by atoms with E-state index < -0.39 is 0 Å². The van der Waals surface area contributed by atoms with Crippen LogP contribution in [0.15, 0.2) is 35.7 Å². The molecule has 1 aromatic carbocycles. The van der Waals surface area contributed by atoms with Crippen molar-refractivity contribution in [2.75, 3.05) is 33.0 Å². The van der Waals surface area contributed by atoms with Gasteiger partial charge in [0.2, 0.25) is 12.7 Å². The third-order valence-corrected chi connectivity index (χ3v) is 5.90. The van der Waals surface area contributed by atoms with Crippen molar-refractivity contribution >= 4 is 17.2 Å². The van der Waals surface area contributed by atoms with Crippen LogP contribution in [0.2, 0.25) is 0 Å². The molecule has 0 spiro atoms. The van der Waals surface area contributed by atoms with Crippen LogP contribution < -0.4 is 9.47 Å². The predicted molar refractivity (Wildman–Crippen MR) is 102 cm³/mol. The quantitative estimate of drug-likeness (QED) is 0.781. The summed E-state index contributed by atoms with van der Waals surface area (Å²) in [6.07, 6.45) is 2.60. The van der Waals surface area contributed by atoms with Crippen LogP contribution in [0, 0.1) is 0 Å². The van der Waals surface area contributed by atoms with Crippen molar-refractivity contribution in [2.45, 2.75) is 25.8 Å². The molecule has 1 fully saturated rings. The minimum absolute atomic E-state index is 0.296. The van der Waals surface area contributed by atoms with Crippen molar-refractivity contribution in [3.8, 4) is 11.5 Å². The largest absolute Gasteiger partial charge is 0.454 e. The summed E-state index contributed by atoms with van der Waals surface area (Å²) in [5.41, 5.74) is 1.23. The number of piperazine rings is 1. The first-order valence-corrected chi connectivity index (χ1v) is 10.1. The fraction of sp³-hybridized carbons (Fsp3) is 0.450. The highest BCUT2D eigenvalue weighted by atomic mass is 32.1. The van der Waals surface area contributed by atoms with E-state index in [9.17, 15) is 4.79 Å². The predicted octanol–water partition coefficient (Wildman–Crippen LogP) is 3.14. The molecule has 0 N–H and O–H groups in total. The summed E-state index contributed by atoms with van der Waals surface area (Å²) in [5, 5.41) is 2.09. The van der Waals surface area contributed by atoms with Gasteiger partial charge in [-0.05, 0) is 42.0 Å². The maximum Gasteiger partial charge on any atom is 0.231 e. The number of carbonyl (C=O) groups is 1.